The first-order valence-electron chi connectivity index (χ1n) is 12.3. The molecule has 1 aliphatic carbocycles. The van der Waals surface area contributed by atoms with E-state index in [0.29, 0.717) is 17.5 Å². The third-order valence-corrected chi connectivity index (χ3v) is 8.79. The second kappa shape index (κ2) is 9.12. The molecule has 0 radical (unpaired) electrons. The molecule has 7 heteroatoms. The summed E-state index contributed by atoms with van der Waals surface area (Å²) in [6, 6.07) is 5.32. The van der Waals surface area contributed by atoms with Crippen molar-refractivity contribution in [3.8, 4) is 5.75 Å². The maximum atomic E-state index is 5.62. The summed E-state index contributed by atoms with van der Waals surface area (Å²) in [6.07, 6.45) is 9.07. The minimum atomic E-state index is 0.445. The van der Waals surface area contributed by atoms with Gasteiger partial charge in [-0.15, -0.1) is 0 Å². The summed E-state index contributed by atoms with van der Waals surface area (Å²) in [5.74, 6) is 2.75. The maximum Gasteiger partial charge on any atom is 0.227 e. The van der Waals surface area contributed by atoms with Gasteiger partial charge in [0.1, 0.15) is 11.6 Å². The van der Waals surface area contributed by atoms with Gasteiger partial charge in [0.25, 0.3) is 0 Å². The van der Waals surface area contributed by atoms with Gasteiger partial charge < -0.3 is 19.9 Å². The SMILES string of the molecule is COc1cc2c(NC3CCN(C(C)C)CC3)nc(N3CCC4(CCCC4)C3)nc2cc1I. The van der Waals surface area contributed by atoms with Crippen LogP contribution in [0.1, 0.15) is 58.8 Å². The Morgan fingerprint density at radius 3 is 2.53 bits per heavy atom. The molecule has 0 unspecified atom stereocenters. The highest BCUT2D eigenvalue weighted by molar-refractivity contribution is 14.1. The lowest BCUT2D eigenvalue weighted by atomic mass is 9.86. The van der Waals surface area contributed by atoms with E-state index < -0.39 is 0 Å². The summed E-state index contributed by atoms with van der Waals surface area (Å²) >= 11 is 2.34. The summed E-state index contributed by atoms with van der Waals surface area (Å²) in [5, 5.41) is 4.88. The van der Waals surface area contributed by atoms with Crippen molar-refractivity contribution in [2.45, 2.75) is 70.9 Å². The molecule has 2 saturated heterocycles. The number of halogens is 1. The summed E-state index contributed by atoms with van der Waals surface area (Å²) in [6.45, 7) is 9.04. The second-order valence-electron chi connectivity index (χ2n) is 10.3. The van der Waals surface area contributed by atoms with E-state index >= 15 is 0 Å². The fourth-order valence-electron chi connectivity index (χ4n) is 5.92. The van der Waals surface area contributed by atoms with E-state index in [0.717, 1.165) is 71.0 Å². The van der Waals surface area contributed by atoms with Crippen LogP contribution in [0.5, 0.6) is 5.75 Å². The number of nitrogens with zero attached hydrogens (tertiary/aromatic N) is 4. The van der Waals surface area contributed by atoms with Crippen molar-refractivity contribution < 1.29 is 4.74 Å². The molecular formula is C25H36IN5O. The van der Waals surface area contributed by atoms with Gasteiger partial charge in [-0.25, -0.2) is 4.98 Å². The molecule has 1 N–H and O–H groups in total. The third kappa shape index (κ3) is 4.39. The van der Waals surface area contributed by atoms with E-state index in [4.69, 9.17) is 14.7 Å². The molecule has 1 saturated carbocycles. The van der Waals surface area contributed by atoms with Gasteiger partial charge in [-0.3, -0.25) is 0 Å². The van der Waals surface area contributed by atoms with Gasteiger partial charge in [0.15, 0.2) is 0 Å². The highest BCUT2D eigenvalue weighted by atomic mass is 127. The Hall–Kier alpha value is -1.35. The number of methoxy groups -OCH3 is 1. The molecule has 2 aromatic rings. The van der Waals surface area contributed by atoms with Gasteiger partial charge in [0.05, 0.1) is 16.2 Å². The number of hydrogen-bond donors (Lipinski definition) is 1. The summed E-state index contributed by atoms with van der Waals surface area (Å²) in [7, 11) is 1.73. The molecule has 5 rings (SSSR count). The average molecular weight is 550 g/mol. The number of aromatic nitrogens is 2. The Kier molecular flexibility index (Phi) is 6.40. The first-order valence-corrected chi connectivity index (χ1v) is 13.4. The van der Waals surface area contributed by atoms with Gasteiger partial charge >= 0.3 is 0 Å². The lowest BCUT2D eigenvalue weighted by molar-refractivity contribution is 0.177. The number of likely N-dealkylation sites (tertiary alicyclic amines) is 1. The van der Waals surface area contributed by atoms with Crippen molar-refractivity contribution in [1.82, 2.24) is 14.9 Å². The van der Waals surface area contributed by atoms with E-state index in [1.165, 1.54) is 32.1 Å². The van der Waals surface area contributed by atoms with Crippen molar-refractivity contribution in [2.24, 2.45) is 5.41 Å². The van der Waals surface area contributed by atoms with Crippen LogP contribution < -0.4 is 15.0 Å². The topological polar surface area (TPSA) is 53.5 Å². The van der Waals surface area contributed by atoms with E-state index in [9.17, 15) is 0 Å². The van der Waals surface area contributed by atoms with Crippen LogP contribution in [0.15, 0.2) is 12.1 Å². The summed E-state index contributed by atoms with van der Waals surface area (Å²) < 4.78 is 6.71. The second-order valence-corrected chi connectivity index (χ2v) is 11.5. The number of piperidine rings is 1. The molecule has 32 heavy (non-hydrogen) atoms. The minimum Gasteiger partial charge on any atom is -0.496 e. The van der Waals surface area contributed by atoms with E-state index in [-0.39, 0.29) is 0 Å². The van der Waals surface area contributed by atoms with Crippen molar-refractivity contribution in [3.05, 3.63) is 15.7 Å². The number of ether oxygens (including phenoxy) is 1. The minimum absolute atomic E-state index is 0.445. The number of nitrogens with one attached hydrogen (secondary N) is 1. The molecule has 6 nitrogen and oxygen atoms in total. The van der Waals surface area contributed by atoms with Crippen LogP contribution in [-0.4, -0.2) is 60.2 Å². The molecule has 1 aromatic carbocycles. The monoisotopic (exact) mass is 549 g/mol. The average Bonchev–Trinajstić information content (AvgIpc) is 3.43. The fourth-order valence-corrected chi connectivity index (χ4v) is 6.59. The van der Waals surface area contributed by atoms with Crippen molar-refractivity contribution in [3.63, 3.8) is 0 Å². The first kappa shape index (κ1) is 22.4. The standard InChI is InChI=1S/C25H36IN5O/c1-17(2)30-11-6-18(7-12-30)27-23-19-14-22(32-3)20(26)15-21(19)28-24(29-23)31-13-10-25(16-31)8-4-5-9-25/h14-15,17-18H,4-13,16H2,1-3H3,(H,27,28,29). The lowest BCUT2D eigenvalue weighted by Crippen LogP contribution is -2.42. The summed E-state index contributed by atoms with van der Waals surface area (Å²) in [5.41, 5.74) is 1.51. The molecular weight excluding hydrogens is 513 g/mol. The molecule has 174 valence electrons. The van der Waals surface area contributed by atoms with Crippen LogP contribution in [0.25, 0.3) is 10.9 Å². The zero-order valence-corrected chi connectivity index (χ0v) is 21.8. The van der Waals surface area contributed by atoms with Crippen LogP contribution in [0.2, 0.25) is 0 Å². The van der Waals surface area contributed by atoms with Gasteiger partial charge in [-0.05, 0) is 86.1 Å². The zero-order valence-electron chi connectivity index (χ0n) is 19.7. The molecule has 0 bridgehead atoms. The van der Waals surface area contributed by atoms with Crippen LogP contribution in [0.3, 0.4) is 0 Å². The quantitative estimate of drug-likeness (QED) is 0.512. The molecule has 2 aliphatic heterocycles. The van der Waals surface area contributed by atoms with Gasteiger partial charge in [0, 0.05) is 43.6 Å². The molecule has 1 spiro atoms. The van der Waals surface area contributed by atoms with Crippen molar-refractivity contribution >= 4 is 45.3 Å². The van der Waals surface area contributed by atoms with Gasteiger partial charge in [-0.2, -0.15) is 4.98 Å². The Morgan fingerprint density at radius 1 is 1.09 bits per heavy atom. The van der Waals surface area contributed by atoms with Crippen LogP contribution in [0.4, 0.5) is 11.8 Å². The molecule has 3 fully saturated rings. The number of rotatable bonds is 5. The molecule has 3 heterocycles. The predicted molar refractivity (Wildman–Crippen MR) is 140 cm³/mol. The molecule has 0 atom stereocenters. The largest absolute Gasteiger partial charge is 0.496 e. The molecule has 0 amide bonds. The number of hydrogen-bond acceptors (Lipinski definition) is 6. The Balaban J connectivity index is 1.45. The Labute approximate surface area is 205 Å². The Morgan fingerprint density at radius 2 is 1.84 bits per heavy atom. The highest BCUT2D eigenvalue weighted by Crippen LogP contribution is 2.46. The maximum absolute atomic E-state index is 5.62. The fraction of sp³-hybridized carbons (Fsp3) is 0.680. The first-order chi connectivity index (χ1) is 15.5. The van der Waals surface area contributed by atoms with Crippen LogP contribution in [-0.2, 0) is 0 Å². The summed E-state index contributed by atoms with van der Waals surface area (Å²) in [4.78, 5) is 15.2. The molecule has 1 aromatic heterocycles. The number of fused-ring (bicyclic) bond motifs is 1. The van der Waals surface area contributed by atoms with Gasteiger partial charge in [-0.1, -0.05) is 12.8 Å². The number of anilines is 2. The van der Waals surface area contributed by atoms with Crippen LogP contribution >= 0.6 is 22.6 Å². The van der Waals surface area contributed by atoms with Crippen molar-refractivity contribution in [2.75, 3.05) is 43.5 Å². The number of benzene rings is 1. The van der Waals surface area contributed by atoms with Gasteiger partial charge in [0.2, 0.25) is 5.95 Å². The van der Waals surface area contributed by atoms with Crippen LogP contribution in [0, 0.1) is 8.99 Å². The van der Waals surface area contributed by atoms with E-state index in [1.54, 1.807) is 7.11 Å². The highest BCUT2D eigenvalue weighted by Gasteiger charge is 2.41. The third-order valence-electron chi connectivity index (χ3n) is 7.94. The Bertz CT molecular complexity index is 966. The van der Waals surface area contributed by atoms with E-state index in [1.807, 2.05) is 0 Å². The zero-order chi connectivity index (χ0) is 22.3. The smallest absolute Gasteiger partial charge is 0.227 e. The normalized spacial score (nSPS) is 21.8. The van der Waals surface area contributed by atoms with E-state index in [2.05, 4.69) is 63.7 Å². The van der Waals surface area contributed by atoms with Crippen molar-refractivity contribution in [1.29, 1.82) is 0 Å². The molecule has 3 aliphatic rings. The lowest BCUT2D eigenvalue weighted by Gasteiger charge is -2.35. The predicted octanol–water partition coefficient (Wildman–Crippen LogP) is 5.30.